The molecular weight excluding hydrogens is 394 g/mol. The van der Waals surface area contributed by atoms with Crippen LogP contribution in [-0.2, 0) is 28.9 Å². The Bertz CT molecular complexity index is 931. The molecule has 28 heavy (non-hydrogen) atoms. The number of carbonyl (C=O) groups is 1. The zero-order valence-corrected chi connectivity index (χ0v) is 18.1. The van der Waals surface area contributed by atoms with Crippen molar-refractivity contribution in [2.45, 2.75) is 75.4 Å². The Hall–Kier alpha value is -1.38. The van der Waals surface area contributed by atoms with Crippen LogP contribution >= 0.6 is 23.1 Å². The van der Waals surface area contributed by atoms with E-state index in [1.807, 2.05) is 13.8 Å². The van der Waals surface area contributed by atoms with E-state index in [-0.39, 0.29) is 22.8 Å². The summed E-state index contributed by atoms with van der Waals surface area (Å²) in [6, 6.07) is 0. The van der Waals surface area contributed by atoms with Crippen molar-refractivity contribution >= 4 is 39.2 Å². The molecule has 4 rings (SSSR count). The van der Waals surface area contributed by atoms with Gasteiger partial charge in [0.05, 0.1) is 23.3 Å². The van der Waals surface area contributed by atoms with Crippen LogP contribution in [0.3, 0.4) is 0 Å². The van der Waals surface area contributed by atoms with Crippen molar-refractivity contribution < 1.29 is 9.53 Å². The Morgan fingerprint density at radius 1 is 1.43 bits per heavy atom. The lowest BCUT2D eigenvalue weighted by molar-refractivity contribution is -0.120. The van der Waals surface area contributed by atoms with Crippen LogP contribution in [0.5, 0.6) is 0 Å². The molecule has 8 heteroatoms. The summed E-state index contributed by atoms with van der Waals surface area (Å²) < 4.78 is 7.55. The summed E-state index contributed by atoms with van der Waals surface area (Å²) >= 11 is 3.02. The minimum absolute atomic E-state index is 0.0152. The molecule has 2 atom stereocenters. The predicted octanol–water partition coefficient (Wildman–Crippen LogP) is 3.13. The van der Waals surface area contributed by atoms with Crippen LogP contribution < -0.4 is 10.9 Å². The van der Waals surface area contributed by atoms with Crippen LogP contribution in [0.4, 0.5) is 0 Å². The second-order valence-corrected chi connectivity index (χ2v) is 9.93. The van der Waals surface area contributed by atoms with Gasteiger partial charge in [-0.15, -0.1) is 11.3 Å². The van der Waals surface area contributed by atoms with Crippen LogP contribution in [0.15, 0.2) is 9.95 Å². The second-order valence-electron chi connectivity index (χ2n) is 7.53. The maximum absolute atomic E-state index is 13.4. The number of hydrogen-bond acceptors (Lipinski definition) is 6. The molecule has 1 N–H and O–H groups in total. The Kier molecular flexibility index (Phi) is 6.08. The van der Waals surface area contributed by atoms with Gasteiger partial charge in [0.1, 0.15) is 4.83 Å². The molecule has 0 aromatic carbocycles. The molecule has 2 aromatic heterocycles. The van der Waals surface area contributed by atoms with E-state index in [0.717, 1.165) is 55.3 Å². The summed E-state index contributed by atoms with van der Waals surface area (Å²) in [7, 11) is 0. The number of carbonyl (C=O) groups excluding carboxylic acids is 1. The first-order valence-electron chi connectivity index (χ1n) is 10.2. The van der Waals surface area contributed by atoms with Gasteiger partial charge >= 0.3 is 0 Å². The molecule has 1 fully saturated rings. The molecule has 152 valence electrons. The molecule has 0 radical (unpaired) electrons. The van der Waals surface area contributed by atoms with E-state index in [1.54, 1.807) is 15.9 Å². The molecule has 0 spiro atoms. The van der Waals surface area contributed by atoms with E-state index in [9.17, 15) is 9.59 Å². The highest BCUT2D eigenvalue weighted by molar-refractivity contribution is 8.00. The Labute approximate surface area is 173 Å². The lowest BCUT2D eigenvalue weighted by Crippen LogP contribution is -2.33. The zero-order chi connectivity index (χ0) is 19.7. The molecule has 0 saturated carbocycles. The normalized spacial score (nSPS) is 19.9. The Morgan fingerprint density at radius 2 is 2.29 bits per heavy atom. The smallest absolute Gasteiger partial charge is 0.263 e. The fraction of sp³-hybridized carbons (Fsp3) is 0.650. The monoisotopic (exact) mass is 421 g/mol. The zero-order valence-electron chi connectivity index (χ0n) is 16.5. The van der Waals surface area contributed by atoms with Crippen LogP contribution in [-0.4, -0.2) is 40.0 Å². The summed E-state index contributed by atoms with van der Waals surface area (Å²) in [5.74, 6) is -0.0152. The molecule has 0 unspecified atom stereocenters. The summed E-state index contributed by atoms with van der Waals surface area (Å²) in [4.78, 5) is 32.8. The molecule has 1 aliphatic heterocycles. The summed E-state index contributed by atoms with van der Waals surface area (Å²) in [5, 5.41) is 4.05. The van der Waals surface area contributed by atoms with Gasteiger partial charge in [-0.05, 0) is 51.0 Å². The summed E-state index contributed by atoms with van der Waals surface area (Å²) in [6.07, 6.45) is 6.07. The van der Waals surface area contributed by atoms with Crippen LogP contribution in [0.1, 0.15) is 50.0 Å². The molecule has 2 aromatic rings. The number of aromatic nitrogens is 2. The number of nitrogens with zero attached hydrogens (tertiary/aromatic N) is 2. The number of ether oxygens (including phenoxy) is 1. The molecule has 1 amide bonds. The molecule has 1 aliphatic carbocycles. The van der Waals surface area contributed by atoms with Gasteiger partial charge in [-0.3, -0.25) is 14.2 Å². The first-order valence-corrected chi connectivity index (χ1v) is 11.9. The number of fused-ring (bicyclic) bond motifs is 3. The van der Waals surface area contributed by atoms with E-state index in [2.05, 4.69) is 5.32 Å². The highest BCUT2D eigenvalue weighted by atomic mass is 32.2. The third-order valence-electron chi connectivity index (χ3n) is 5.40. The highest BCUT2D eigenvalue weighted by Crippen LogP contribution is 2.36. The van der Waals surface area contributed by atoms with E-state index in [0.29, 0.717) is 18.2 Å². The second kappa shape index (κ2) is 8.55. The molecule has 6 nitrogen and oxygen atoms in total. The third-order valence-corrected chi connectivity index (χ3v) is 7.68. The predicted molar refractivity (Wildman–Crippen MR) is 113 cm³/mol. The first-order chi connectivity index (χ1) is 13.6. The Balaban J connectivity index is 1.70. The van der Waals surface area contributed by atoms with Gasteiger partial charge < -0.3 is 10.1 Å². The van der Waals surface area contributed by atoms with Crippen molar-refractivity contribution in [3.63, 3.8) is 0 Å². The Morgan fingerprint density at radius 3 is 3.04 bits per heavy atom. The largest absolute Gasteiger partial charge is 0.376 e. The van der Waals surface area contributed by atoms with E-state index in [4.69, 9.17) is 9.72 Å². The van der Waals surface area contributed by atoms with Gasteiger partial charge in [0.2, 0.25) is 5.91 Å². The average Bonchev–Trinajstić information content (AvgIpc) is 3.39. The maximum atomic E-state index is 13.4. The van der Waals surface area contributed by atoms with Gasteiger partial charge in [0.15, 0.2) is 5.16 Å². The van der Waals surface area contributed by atoms with Crippen molar-refractivity contribution in [2.75, 3.05) is 13.2 Å². The lowest BCUT2D eigenvalue weighted by atomic mass is 10.2. The number of rotatable bonds is 7. The number of thiophene rings is 1. The topological polar surface area (TPSA) is 73.2 Å². The standard InChI is InChI=1S/C20H27N3O3S2/c1-3-9-21-17(24)12(2)27-20-22-18-16(14-7-4-8-15(14)28-18)19(25)23(20)11-13-6-5-10-26-13/h12-13H,3-11H2,1-2H3,(H,21,24)/t12-,13-/m1/s1. The number of aryl methyl sites for hydroxylation is 2. The number of amides is 1. The number of hydrogen-bond donors (Lipinski definition) is 1. The van der Waals surface area contributed by atoms with E-state index in [1.165, 1.54) is 22.2 Å². The van der Waals surface area contributed by atoms with Crippen molar-refractivity contribution in [1.82, 2.24) is 14.9 Å². The van der Waals surface area contributed by atoms with Crippen LogP contribution in [0.25, 0.3) is 10.2 Å². The summed E-state index contributed by atoms with van der Waals surface area (Å²) in [6.45, 7) is 5.83. The molecule has 2 aliphatic rings. The molecule has 1 saturated heterocycles. The quantitative estimate of drug-likeness (QED) is 0.549. The van der Waals surface area contributed by atoms with Crippen molar-refractivity contribution in [2.24, 2.45) is 0 Å². The average molecular weight is 422 g/mol. The van der Waals surface area contributed by atoms with Gasteiger partial charge in [-0.25, -0.2) is 4.98 Å². The molecule has 3 heterocycles. The van der Waals surface area contributed by atoms with E-state index < -0.39 is 0 Å². The molecule has 0 bridgehead atoms. The van der Waals surface area contributed by atoms with Crippen molar-refractivity contribution in [3.8, 4) is 0 Å². The third kappa shape index (κ3) is 3.86. The van der Waals surface area contributed by atoms with Gasteiger partial charge in [-0.1, -0.05) is 18.7 Å². The maximum Gasteiger partial charge on any atom is 0.263 e. The minimum atomic E-state index is -0.307. The SMILES string of the molecule is CCCNC(=O)[C@@H](C)Sc1nc2sc3c(c2c(=O)n1C[C@H]1CCCO1)CCC3. The summed E-state index contributed by atoms with van der Waals surface area (Å²) in [5.41, 5.74) is 1.23. The fourth-order valence-corrected chi connectivity index (χ4v) is 6.15. The lowest BCUT2D eigenvalue weighted by Gasteiger charge is -2.18. The first kappa shape index (κ1) is 19.9. The van der Waals surface area contributed by atoms with Crippen LogP contribution in [0, 0.1) is 0 Å². The molecular formula is C20H27N3O3S2. The van der Waals surface area contributed by atoms with E-state index >= 15 is 0 Å². The highest BCUT2D eigenvalue weighted by Gasteiger charge is 2.27. The van der Waals surface area contributed by atoms with Crippen LogP contribution in [0.2, 0.25) is 0 Å². The van der Waals surface area contributed by atoms with Gasteiger partial charge in [0, 0.05) is 18.0 Å². The number of thioether (sulfide) groups is 1. The van der Waals surface area contributed by atoms with Gasteiger partial charge in [0.25, 0.3) is 5.56 Å². The number of nitrogens with one attached hydrogen (secondary N) is 1. The van der Waals surface area contributed by atoms with Gasteiger partial charge in [-0.2, -0.15) is 0 Å². The fourth-order valence-electron chi connectivity index (χ4n) is 3.90. The van der Waals surface area contributed by atoms with Crippen molar-refractivity contribution in [1.29, 1.82) is 0 Å². The van der Waals surface area contributed by atoms with Crippen molar-refractivity contribution in [3.05, 3.63) is 20.8 Å². The minimum Gasteiger partial charge on any atom is -0.376 e.